The Balaban J connectivity index is 1.83. The van der Waals surface area contributed by atoms with Crippen molar-refractivity contribution in [1.82, 2.24) is 5.32 Å². The fraction of sp³-hybridized carbons (Fsp3) is 0.611. The van der Waals surface area contributed by atoms with Crippen molar-refractivity contribution in [2.24, 2.45) is 5.92 Å². The molecule has 1 amide bonds. The topological polar surface area (TPSA) is 49.3 Å². The van der Waals surface area contributed by atoms with E-state index in [0.717, 1.165) is 19.3 Å². The van der Waals surface area contributed by atoms with Crippen LogP contribution in [0.25, 0.3) is 0 Å². The molecule has 2 rings (SSSR count). The van der Waals surface area contributed by atoms with Gasteiger partial charge >= 0.3 is 0 Å². The van der Waals surface area contributed by atoms with Crippen LogP contribution in [-0.4, -0.2) is 23.2 Å². The first-order valence-electron chi connectivity index (χ1n) is 7.95. The van der Waals surface area contributed by atoms with Crippen molar-refractivity contribution in [3.8, 4) is 0 Å². The van der Waals surface area contributed by atoms with Gasteiger partial charge in [0.1, 0.15) is 0 Å². The van der Waals surface area contributed by atoms with E-state index in [9.17, 15) is 9.90 Å². The second kappa shape index (κ2) is 6.61. The molecule has 1 fully saturated rings. The van der Waals surface area contributed by atoms with E-state index < -0.39 is 5.54 Å². The van der Waals surface area contributed by atoms with Gasteiger partial charge in [0.2, 0.25) is 5.91 Å². The zero-order chi connectivity index (χ0) is 15.5. The highest BCUT2D eigenvalue weighted by Gasteiger charge is 2.41. The van der Waals surface area contributed by atoms with Crippen LogP contribution in [0.4, 0.5) is 0 Å². The van der Waals surface area contributed by atoms with Gasteiger partial charge in [-0.1, -0.05) is 38.1 Å². The number of benzene rings is 1. The van der Waals surface area contributed by atoms with Crippen LogP contribution in [0.3, 0.4) is 0 Å². The fourth-order valence-corrected chi connectivity index (χ4v) is 2.70. The minimum absolute atomic E-state index is 0.0203. The lowest BCUT2D eigenvalue weighted by molar-refractivity contribution is -0.123. The maximum atomic E-state index is 12.1. The Morgan fingerprint density at radius 3 is 2.43 bits per heavy atom. The normalized spacial score (nSPS) is 17.6. The Labute approximate surface area is 127 Å². The number of hydrogen-bond donors (Lipinski definition) is 2. The minimum Gasteiger partial charge on any atom is -0.394 e. The molecule has 1 aromatic rings. The monoisotopic (exact) mass is 289 g/mol. The van der Waals surface area contributed by atoms with Crippen molar-refractivity contribution in [3.05, 3.63) is 35.4 Å². The van der Waals surface area contributed by atoms with Crippen LogP contribution >= 0.6 is 0 Å². The summed E-state index contributed by atoms with van der Waals surface area (Å²) in [4.78, 5) is 12.1. The first-order chi connectivity index (χ1) is 9.94. The number of aliphatic hydroxyl groups is 1. The molecule has 0 aliphatic heterocycles. The lowest BCUT2D eigenvalue weighted by Gasteiger charge is -2.28. The number of rotatable bonds is 7. The average molecular weight is 289 g/mol. The number of hydrogen-bond acceptors (Lipinski definition) is 2. The highest BCUT2D eigenvalue weighted by atomic mass is 16.3. The van der Waals surface area contributed by atoms with Crippen LogP contribution in [0.2, 0.25) is 0 Å². The molecule has 116 valence electrons. The van der Waals surface area contributed by atoms with E-state index in [0.29, 0.717) is 18.3 Å². The minimum atomic E-state index is -0.432. The number of amides is 1. The Morgan fingerprint density at radius 2 is 1.95 bits per heavy atom. The van der Waals surface area contributed by atoms with E-state index in [1.165, 1.54) is 11.1 Å². The van der Waals surface area contributed by atoms with Crippen LogP contribution in [0.1, 0.15) is 57.1 Å². The summed E-state index contributed by atoms with van der Waals surface area (Å²) in [6, 6.07) is 8.49. The molecule has 1 unspecified atom stereocenters. The van der Waals surface area contributed by atoms with E-state index >= 15 is 0 Å². The van der Waals surface area contributed by atoms with Crippen LogP contribution in [0.5, 0.6) is 0 Å². The first kappa shape index (κ1) is 16.0. The third-order valence-corrected chi connectivity index (χ3v) is 4.52. The van der Waals surface area contributed by atoms with Crippen LogP contribution < -0.4 is 5.32 Å². The summed E-state index contributed by atoms with van der Waals surface area (Å²) in [5.74, 6) is 1.01. The molecule has 0 spiro atoms. The summed E-state index contributed by atoms with van der Waals surface area (Å²) in [5.41, 5.74) is 2.08. The molecule has 1 aliphatic rings. The number of aryl methyl sites for hydroxylation is 1. The third kappa shape index (κ3) is 4.31. The van der Waals surface area contributed by atoms with Crippen LogP contribution in [0.15, 0.2) is 24.3 Å². The smallest absolute Gasteiger partial charge is 0.220 e. The Kier molecular flexibility index (Phi) is 5.04. The molecule has 1 aliphatic carbocycles. The third-order valence-electron chi connectivity index (χ3n) is 4.52. The van der Waals surface area contributed by atoms with Gasteiger partial charge in [0.05, 0.1) is 12.1 Å². The second-order valence-corrected chi connectivity index (χ2v) is 6.79. The molecule has 3 heteroatoms. The van der Waals surface area contributed by atoms with Gasteiger partial charge in [-0.15, -0.1) is 0 Å². The summed E-state index contributed by atoms with van der Waals surface area (Å²) in [5, 5.41) is 12.5. The first-order valence-corrected chi connectivity index (χ1v) is 7.95. The van der Waals surface area contributed by atoms with Gasteiger partial charge < -0.3 is 10.4 Å². The lowest BCUT2D eigenvalue weighted by Crippen LogP contribution is -2.50. The predicted octanol–water partition coefficient (Wildman–Crippen LogP) is 3.02. The molecule has 0 saturated heterocycles. The molecule has 0 radical (unpaired) electrons. The second-order valence-electron chi connectivity index (χ2n) is 6.79. The fourth-order valence-electron chi connectivity index (χ4n) is 2.70. The van der Waals surface area contributed by atoms with Gasteiger partial charge in [0.25, 0.3) is 0 Å². The van der Waals surface area contributed by atoms with E-state index in [4.69, 9.17) is 0 Å². The maximum Gasteiger partial charge on any atom is 0.220 e. The van der Waals surface area contributed by atoms with E-state index in [-0.39, 0.29) is 12.5 Å². The van der Waals surface area contributed by atoms with Crippen LogP contribution in [0, 0.1) is 5.92 Å². The standard InChI is InChI=1S/C18H27NO2/c1-13(2)15-7-4-14(5-8-15)6-11-17(21)19-18(3,12-20)16-9-10-16/h4-5,7-8,13,16,20H,6,9-12H2,1-3H3,(H,19,21). The van der Waals surface area contributed by atoms with E-state index in [2.05, 4.69) is 43.4 Å². The van der Waals surface area contributed by atoms with Crippen LogP contribution in [-0.2, 0) is 11.2 Å². The quantitative estimate of drug-likeness (QED) is 0.810. The molecule has 0 bridgehead atoms. The summed E-state index contributed by atoms with van der Waals surface area (Å²) in [6.45, 7) is 6.32. The molecule has 0 heterocycles. The zero-order valence-electron chi connectivity index (χ0n) is 13.4. The maximum absolute atomic E-state index is 12.1. The van der Waals surface area contributed by atoms with Crippen molar-refractivity contribution in [3.63, 3.8) is 0 Å². The molecule has 0 aromatic heterocycles. The van der Waals surface area contributed by atoms with Gasteiger partial charge in [-0.25, -0.2) is 0 Å². The summed E-state index contributed by atoms with van der Waals surface area (Å²) >= 11 is 0. The summed E-state index contributed by atoms with van der Waals surface area (Å²) in [6.07, 6.45) is 3.43. The van der Waals surface area contributed by atoms with Crippen molar-refractivity contribution in [2.75, 3.05) is 6.61 Å². The molecule has 1 saturated carbocycles. The molecule has 1 atom stereocenters. The number of nitrogens with one attached hydrogen (secondary N) is 1. The van der Waals surface area contributed by atoms with Gasteiger partial charge in [0, 0.05) is 6.42 Å². The molecular formula is C18H27NO2. The summed E-state index contributed by atoms with van der Waals surface area (Å²) < 4.78 is 0. The molecule has 21 heavy (non-hydrogen) atoms. The van der Waals surface area contributed by atoms with Crippen molar-refractivity contribution in [2.45, 2.75) is 57.9 Å². The van der Waals surface area contributed by atoms with Gasteiger partial charge in [-0.05, 0) is 49.1 Å². The molecule has 1 aromatic carbocycles. The van der Waals surface area contributed by atoms with Gasteiger partial charge in [-0.2, -0.15) is 0 Å². The van der Waals surface area contributed by atoms with E-state index in [1.807, 2.05) is 6.92 Å². The Morgan fingerprint density at radius 1 is 1.33 bits per heavy atom. The van der Waals surface area contributed by atoms with Gasteiger partial charge in [-0.3, -0.25) is 4.79 Å². The van der Waals surface area contributed by atoms with Gasteiger partial charge in [0.15, 0.2) is 0 Å². The SMILES string of the molecule is CC(C)c1ccc(CCC(=O)NC(C)(CO)C2CC2)cc1. The highest BCUT2D eigenvalue weighted by molar-refractivity contribution is 5.77. The Hall–Kier alpha value is -1.35. The number of carbonyl (C=O) groups is 1. The predicted molar refractivity (Wildman–Crippen MR) is 85.2 cm³/mol. The lowest BCUT2D eigenvalue weighted by atomic mass is 9.96. The molecule has 3 nitrogen and oxygen atoms in total. The molecular weight excluding hydrogens is 262 g/mol. The number of aliphatic hydroxyl groups excluding tert-OH is 1. The summed E-state index contributed by atoms with van der Waals surface area (Å²) in [7, 11) is 0. The van der Waals surface area contributed by atoms with E-state index in [1.54, 1.807) is 0 Å². The molecule has 2 N–H and O–H groups in total. The largest absolute Gasteiger partial charge is 0.394 e. The van der Waals surface area contributed by atoms with Crippen molar-refractivity contribution >= 4 is 5.91 Å². The highest BCUT2D eigenvalue weighted by Crippen LogP contribution is 2.39. The Bertz CT molecular complexity index is 476. The average Bonchev–Trinajstić information content (AvgIpc) is 3.30. The zero-order valence-corrected chi connectivity index (χ0v) is 13.4. The number of carbonyl (C=O) groups excluding carboxylic acids is 1. The van der Waals surface area contributed by atoms with Crippen molar-refractivity contribution in [1.29, 1.82) is 0 Å². The van der Waals surface area contributed by atoms with Crippen molar-refractivity contribution < 1.29 is 9.90 Å².